The summed E-state index contributed by atoms with van der Waals surface area (Å²) >= 11 is 0. The number of fused-ring (bicyclic) bond motifs is 1. The fourth-order valence-electron chi connectivity index (χ4n) is 4.04. The van der Waals surface area contributed by atoms with Gasteiger partial charge in [-0.25, -0.2) is 15.0 Å². The smallest absolute Gasteiger partial charge is 0.225 e. The largest absolute Gasteiger partial charge is 0.383 e. The first kappa shape index (κ1) is 18.7. The fourth-order valence-corrected chi connectivity index (χ4v) is 4.04. The van der Waals surface area contributed by atoms with E-state index in [1.165, 1.54) is 5.56 Å². The second kappa shape index (κ2) is 8.14. The molecule has 0 spiro atoms. The SMILES string of the molecule is CCNC(=NCC1(O)CCc2ccccc21)N1CCN(c2ncccn2)CC1. The van der Waals surface area contributed by atoms with E-state index in [0.29, 0.717) is 6.54 Å². The van der Waals surface area contributed by atoms with E-state index in [4.69, 9.17) is 4.99 Å². The third kappa shape index (κ3) is 3.80. The van der Waals surface area contributed by atoms with E-state index in [-0.39, 0.29) is 0 Å². The summed E-state index contributed by atoms with van der Waals surface area (Å²) in [5, 5.41) is 14.6. The molecule has 2 aliphatic rings. The Bertz CT molecular complexity index is 819. The number of piperazine rings is 1. The maximum atomic E-state index is 11.2. The van der Waals surface area contributed by atoms with Crippen LogP contribution in [-0.4, -0.2) is 65.2 Å². The van der Waals surface area contributed by atoms with Gasteiger partial charge in [0.1, 0.15) is 5.60 Å². The number of nitrogens with zero attached hydrogens (tertiary/aromatic N) is 5. The number of hydrogen-bond donors (Lipinski definition) is 2. The maximum absolute atomic E-state index is 11.2. The molecule has 148 valence electrons. The lowest BCUT2D eigenvalue weighted by Gasteiger charge is -2.36. The predicted molar refractivity (Wildman–Crippen MR) is 110 cm³/mol. The van der Waals surface area contributed by atoms with Crippen LogP contribution in [0.2, 0.25) is 0 Å². The average molecular weight is 380 g/mol. The molecule has 1 unspecified atom stereocenters. The highest BCUT2D eigenvalue weighted by Gasteiger charge is 2.36. The summed E-state index contributed by atoms with van der Waals surface area (Å²) in [6, 6.07) is 10.0. The van der Waals surface area contributed by atoms with Crippen molar-refractivity contribution in [2.24, 2.45) is 4.99 Å². The molecule has 1 aliphatic heterocycles. The minimum absolute atomic E-state index is 0.383. The monoisotopic (exact) mass is 380 g/mol. The van der Waals surface area contributed by atoms with E-state index in [1.807, 2.05) is 24.3 Å². The number of aliphatic hydroxyl groups is 1. The molecule has 0 saturated carbocycles. The highest BCUT2D eigenvalue weighted by atomic mass is 16.3. The highest BCUT2D eigenvalue weighted by Crippen LogP contribution is 2.36. The van der Waals surface area contributed by atoms with Crippen LogP contribution in [0.1, 0.15) is 24.5 Å². The molecule has 1 aliphatic carbocycles. The number of anilines is 1. The Hall–Kier alpha value is -2.67. The van der Waals surface area contributed by atoms with E-state index >= 15 is 0 Å². The van der Waals surface area contributed by atoms with Crippen LogP contribution in [0, 0.1) is 0 Å². The lowest BCUT2D eigenvalue weighted by Crippen LogP contribution is -2.53. The number of aromatic nitrogens is 2. The molecule has 2 N–H and O–H groups in total. The first-order valence-electron chi connectivity index (χ1n) is 10.1. The normalized spacial score (nSPS) is 22.3. The predicted octanol–water partition coefficient (Wildman–Crippen LogP) is 1.40. The average Bonchev–Trinajstić information content (AvgIpc) is 3.09. The molecule has 1 aromatic heterocycles. The molecule has 2 aromatic rings. The third-order valence-corrected chi connectivity index (χ3v) is 5.57. The van der Waals surface area contributed by atoms with Gasteiger partial charge in [-0.1, -0.05) is 24.3 Å². The van der Waals surface area contributed by atoms with Gasteiger partial charge >= 0.3 is 0 Å². The van der Waals surface area contributed by atoms with Crippen LogP contribution in [0.5, 0.6) is 0 Å². The molecular formula is C21H28N6O. The summed E-state index contributed by atoms with van der Waals surface area (Å²) in [7, 11) is 0. The molecule has 2 heterocycles. The van der Waals surface area contributed by atoms with Gasteiger partial charge in [-0.2, -0.15) is 0 Å². The van der Waals surface area contributed by atoms with Gasteiger partial charge in [-0.15, -0.1) is 0 Å². The molecule has 0 amide bonds. The summed E-state index contributed by atoms with van der Waals surface area (Å²) < 4.78 is 0. The van der Waals surface area contributed by atoms with Crippen LogP contribution in [0.3, 0.4) is 0 Å². The van der Waals surface area contributed by atoms with Crippen LogP contribution in [-0.2, 0) is 12.0 Å². The zero-order valence-corrected chi connectivity index (χ0v) is 16.4. The molecule has 1 aromatic carbocycles. The lowest BCUT2D eigenvalue weighted by atomic mass is 9.96. The molecule has 7 nitrogen and oxygen atoms in total. The van der Waals surface area contributed by atoms with Gasteiger partial charge in [0.15, 0.2) is 5.96 Å². The fraction of sp³-hybridized carbons (Fsp3) is 0.476. The Morgan fingerprint density at radius 3 is 2.64 bits per heavy atom. The highest BCUT2D eigenvalue weighted by molar-refractivity contribution is 5.80. The first-order valence-corrected chi connectivity index (χ1v) is 10.1. The second-order valence-corrected chi connectivity index (χ2v) is 7.38. The summed E-state index contributed by atoms with van der Waals surface area (Å²) in [5.74, 6) is 1.65. The van der Waals surface area contributed by atoms with Gasteiger partial charge in [0.25, 0.3) is 0 Å². The van der Waals surface area contributed by atoms with E-state index in [9.17, 15) is 5.11 Å². The number of rotatable bonds is 4. The van der Waals surface area contributed by atoms with Crippen LogP contribution >= 0.6 is 0 Å². The Balaban J connectivity index is 1.43. The molecule has 1 atom stereocenters. The minimum Gasteiger partial charge on any atom is -0.383 e. The maximum Gasteiger partial charge on any atom is 0.225 e. The zero-order chi connectivity index (χ0) is 19.4. The third-order valence-electron chi connectivity index (χ3n) is 5.57. The van der Waals surface area contributed by atoms with Crippen molar-refractivity contribution >= 4 is 11.9 Å². The number of nitrogens with one attached hydrogen (secondary N) is 1. The molecule has 28 heavy (non-hydrogen) atoms. The minimum atomic E-state index is -0.864. The number of guanidine groups is 1. The van der Waals surface area contributed by atoms with Crippen molar-refractivity contribution in [1.29, 1.82) is 0 Å². The molecule has 7 heteroatoms. The van der Waals surface area contributed by atoms with Crippen LogP contribution in [0.25, 0.3) is 0 Å². The molecule has 0 bridgehead atoms. The molecule has 1 saturated heterocycles. The molecule has 4 rings (SSSR count). The topological polar surface area (TPSA) is 76.9 Å². The second-order valence-electron chi connectivity index (χ2n) is 7.38. The molecule has 0 radical (unpaired) electrons. The van der Waals surface area contributed by atoms with Gasteiger partial charge in [0, 0.05) is 45.1 Å². The van der Waals surface area contributed by atoms with Gasteiger partial charge in [0.2, 0.25) is 5.95 Å². The Kier molecular flexibility index (Phi) is 5.43. The molecule has 1 fully saturated rings. The number of aryl methyl sites for hydroxylation is 1. The molecular weight excluding hydrogens is 352 g/mol. The van der Waals surface area contributed by atoms with E-state index in [2.05, 4.69) is 38.1 Å². The Labute approximate surface area is 166 Å². The van der Waals surface area contributed by atoms with Crippen molar-refractivity contribution in [3.8, 4) is 0 Å². The van der Waals surface area contributed by atoms with Crippen LogP contribution in [0.4, 0.5) is 5.95 Å². The number of hydrogen-bond acceptors (Lipinski definition) is 5. The van der Waals surface area contributed by atoms with Gasteiger partial charge in [0.05, 0.1) is 6.54 Å². The van der Waals surface area contributed by atoms with Crippen molar-refractivity contribution in [1.82, 2.24) is 20.2 Å². The Morgan fingerprint density at radius 2 is 1.89 bits per heavy atom. The number of benzene rings is 1. The van der Waals surface area contributed by atoms with Gasteiger partial charge < -0.3 is 20.2 Å². The summed E-state index contributed by atoms with van der Waals surface area (Å²) in [6.07, 6.45) is 5.20. The Morgan fingerprint density at radius 1 is 1.14 bits per heavy atom. The van der Waals surface area contributed by atoms with Gasteiger partial charge in [-0.05, 0) is 37.0 Å². The van der Waals surface area contributed by atoms with Crippen LogP contribution < -0.4 is 10.2 Å². The summed E-state index contributed by atoms with van der Waals surface area (Å²) in [5.41, 5.74) is 1.40. The van der Waals surface area contributed by atoms with E-state index in [1.54, 1.807) is 12.4 Å². The van der Waals surface area contributed by atoms with Crippen molar-refractivity contribution < 1.29 is 5.11 Å². The van der Waals surface area contributed by atoms with E-state index < -0.39 is 5.60 Å². The quantitative estimate of drug-likeness (QED) is 0.617. The van der Waals surface area contributed by atoms with E-state index in [0.717, 1.165) is 63.0 Å². The van der Waals surface area contributed by atoms with Crippen molar-refractivity contribution in [2.45, 2.75) is 25.4 Å². The summed E-state index contributed by atoms with van der Waals surface area (Å²) in [6.45, 7) is 6.65. The number of aliphatic imine (C=N–C) groups is 1. The summed E-state index contributed by atoms with van der Waals surface area (Å²) in [4.78, 5) is 18.0. The van der Waals surface area contributed by atoms with Crippen molar-refractivity contribution in [3.05, 3.63) is 53.9 Å². The van der Waals surface area contributed by atoms with Gasteiger partial charge in [-0.3, -0.25) is 0 Å². The lowest BCUT2D eigenvalue weighted by molar-refractivity contribution is 0.0482. The zero-order valence-electron chi connectivity index (χ0n) is 16.4. The van der Waals surface area contributed by atoms with Crippen molar-refractivity contribution in [2.75, 3.05) is 44.2 Å². The first-order chi connectivity index (χ1) is 13.7. The standard InChI is InChI=1S/C21H28N6O/c1-2-22-19(25-16-21(28)9-8-17-6-3-4-7-18(17)21)26-12-14-27(15-13-26)20-23-10-5-11-24-20/h3-7,10-11,28H,2,8-9,12-16H2,1H3,(H,22,25). The van der Waals surface area contributed by atoms with Crippen molar-refractivity contribution in [3.63, 3.8) is 0 Å². The van der Waals surface area contributed by atoms with Crippen LogP contribution in [0.15, 0.2) is 47.7 Å².